The number of likely N-dealkylation sites (tertiary alicyclic amines) is 1. The molecule has 1 fully saturated rings. The van der Waals surface area contributed by atoms with E-state index in [2.05, 4.69) is 5.32 Å². The molecule has 1 saturated heterocycles. The quantitative estimate of drug-likeness (QED) is 0.888. The van der Waals surface area contributed by atoms with Gasteiger partial charge in [0.25, 0.3) is 0 Å². The summed E-state index contributed by atoms with van der Waals surface area (Å²) in [5.41, 5.74) is 3.00. The van der Waals surface area contributed by atoms with E-state index < -0.39 is 5.97 Å². The van der Waals surface area contributed by atoms with Gasteiger partial charge in [0.2, 0.25) is 5.91 Å². The van der Waals surface area contributed by atoms with E-state index in [0.29, 0.717) is 13.1 Å². The second kappa shape index (κ2) is 6.26. The number of carboxylic acids is 1. The van der Waals surface area contributed by atoms with Gasteiger partial charge in [-0.25, -0.2) is 0 Å². The molecule has 1 amide bonds. The lowest BCUT2D eigenvalue weighted by Crippen LogP contribution is -2.32. The number of benzene rings is 1. The summed E-state index contributed by atoms with van der Waals surface area (Å²) in [5, 5.41) is 12.0. The molecule has 0 aromatic heterocycles. The highest BCUT2D eigenvalue weighted by atomic mass is 16.4. The van der Waals surface area contributed by atoms with E-state index in [1.807, 2.05) is 43.9 Å². The molecule has 0 aliphatic carbocycles. The lowest BCUT2D eigenvalue weighted by Gasteiger charge is -2.16. The molecule has 0 bridgehead atoms. The van der Waals surface area contributed by atoms with E-state index in [0.717, 1.165) is 16.8 Å². The van der Waals surface area contributed by atoms with Crippen molar-refractivity contribution in [1.29, 1.82) is 0 Å². The predicted octanol–water partition coefficient (Wildman–Crippen LogP) is 1.89. The molecule has 2 atom stereocenters. The van der Waals surface area contributed by atoms with E-state index >= 15 is 0 Å². The second-order valence-electron chi connectivity index (χ2n) is 5.98. The Labute approximate surface area is 125 Å². The maximum absolute atomic E-state index is 12.1. The molecule has 114 valence electrons. The van der Waals surface area contributed by atoms with E-state index in [1.165, 1.54) is 0 Å². The number of carbonyl (C=O) groups excluding carboxylic acids is 1. The third-order valence-electron chi connectivity index (χ3n) is 4.03. The Kier molecular flexibility index (Phi) is 4.63. The Balaban J connectivity index is 1.92. The molecule has 5 heteroatoms. The highest BCUT2D eigenvalue weighted by Crippen LogP contribution is 2.23. The van der Waals surface area contributed by atoms with Gasteiger partial charge in [0, 0.05) is 18.8 Å². The Morgan fingerprint density at radius 1 is 1.33 bits per heavy atom. The van der Waals surface area contributed by atoms with Gasteiger partial charge in [0.05, 0.1) is 12.5 Å². The number of nitrogens with one attached hydrogen (secondary N) is 1. The van der Waals surface area contributed by atoms with Gasteiger partial charge in [0.1, 0.15) is 0 Å². The number of aryl methyl sites for hydroxylation is 2. The third-order valence-corrected chi connectivity index (χ3v) is 4.03. The zero-order valence-corrected chi connectivity index (χ0v) is 12.7. The van der Waals surface area contributed by atoms with Crippen LogP contribution >= 0.6 is 0 Å². The topological polar surface area (TPSA) is 69.6 Å². The average molecular weight is 290 g/mol. The zero-order valence-electron chi connectivity index (χ0n) is 12.7. The highest BCUT2D eigenvalue weighted by Gasteiger charge is 2.35. The van der Waals surface area contributed by atoms with Gasteiger partial charge in [-0.3, -0.25) is 14.5 Å². The second-order valence-corrected chi connectivity index (χ2v) is 5.98. The molecular weight excluding hydrogens is 268 g/mol. The number of rotatable bonds is 4. The summed E-state index contributed by atoms with van der Waals surface area (Å²) >= 11 is 0. The molecule has 1 aromatic carbocycles. The Bertz CT molecular complexity index is 556. The summed E-state index contributed by atoms with van der Waals surface area (Å²) in [6, 6.07) is 5.88. The van der Waals surface area contributed by atoms with Crippen molar-refractivity contribution in [3.05, 3.63) is 29.3 Å². The number of hydrogen-bond acceptors (Lipinski definition) is 3. The minimum Gasteiger partial charge on any atom is -0.481 e. The molecule has 1 aliphatic heterocycles. The third kappa shape index (κ3) is 3.82. The molecule has 5 nitrogen and oxygen atoms in total. The SMILES string of the molecule is Cc1ccc(NC(=O)CN2C[C@@H](C)[C@H](C(=O)O)C2)c(C)c1. The van der Waals surface area contributed by atoms with Crippen LogP contribution in [0.1, 0.15) is 18.1 Å². The van der Waals surface area contributed by atoms with Gasteiger partial charge in [-0.1, -0.05) is 24.6 Å². The summed E-state index contributed by atoms with van der Waals surface area (Å²) in [7, 11) is 0. The van der Waals surface area contributed by atoms with Crippen molar-refractivity contribution in [3.8, 4) is 0 Å². The smallest absolute Gasteiger partial charge is 0.308 e. The standard InChI is InChI=1S/C16H22N2O3/c1-10-4-5-14(11(2)6-10)17-15(19)9-18-7-12(3)13(8-18)16(20)21/h4-6,12-13H,7-9H2,1-3H3,(H,17,19)(H,20,21)/t12-,13-/m1/s1. The molecule has 0 saturated carbocycles. The summed E-state index contributed by atoms with van der Waals surface area (Å²) in [5.74, 6) is -1.17. The first kappa shape index (κ1) is 15.5. The van der Waals surface area contributed by atoms with E-state index in [1.54, 1.807) is 0 Å². The molecule has 0 radical (unpaired) electrons. The highest BCUT2D eigenvalue weighted by molar-refractivity contribution is 5.93. The van der Waals surface area contributed by atoms with Crippen molar-refractivity contribution in [1.82, 2.24) is 4.90 Å². The van der Waals surface area contributed by atoms with Crippen molar-refractivity contribution < 1.29 is 14.7 Å². The Morgan fingerprint density at radius 3 is 2.62 bits per heavy atom. The number of nitrogens with zero attached hydrogens (tertiary/aromatic N) is 1. The fourth-order valence-electron chi connectivity index (χ4n) is 2.86. The summed E-state index contributed by atoms with van der Waals surface area (Å²) in [4.78, 5) is 25.1. The lowest BCUT2D eigenvalue weighted by atomic mass is 9.99. The minimum atomic E-state index is -0.778. The number of aliphatic carboxylic acids is 1. The van der Waals surface area contributed by atoms with E-state index in [9.17, 15) is 9.59 Å². The number of hydrogen-bond donors (Lipinski definition) is 2. The van der Waals surface area contributed by atoms with Gasteiger partial charge >= 0.3 is 5.97 Å². The van der Waals surface area contributed by atoms with Crippen LogP contribution in [-0.4, -0.2) is 41.5 Å². The first-order valence-corrected chi connectivity index (χ1v) is 7.19. The number of anilines is 1. The normalized spacial score (nSPS) is 22.2. The molecule has 1 aliphatic rings. The molecule has 2 N–H and O–H groups in total. The van der Waals surface area contributed by atoms with Crippen LogP contribution < -0.4 is 5.32 Å². The van der Waals surface area contributed by atoms with Crippen LogP contribution in [0, 0.1) is 25.7 Å². The van der Waals surface area contributed by atoms with Crippen LogP contribution in [0.2, 0.25) is 0 Å². The van der Waals surface area contributed by atoms with Crippen LogP contribution in [0.3, 0.4) is 0 Å². The summed E-state index contributed by atoms with van der Waals surface area (Å²) in [6.45, 7) is 7.22. The summed E-state index contributed by atoms with van der Waals surface area (Å²) < 4.78 is 0. The average Bonchev–Trinajstić information content (AvgIpc) is 2.74. The van der Waals surface area contributed by atoms with Crippen LogP contribution in [0.25, 0.3) is 0 Å². The van der Waals surface area contributed by atoms with E-state index in [4.69, 9.17) is 5.11 Å². The largest absolute Gasteiger partial charge is 0.481 e. The molecule has 0 unspecified atom stereocenters. The van der Waals surface area contributed by atoms with Crippen molar-refractivity contribution in [2.45, 2.75) is 20.8 Å². The first-order valence-electron chi connectivity index (χ1n) is 7.19. The summed E-state index contributed by atoms with van der Waals surface area (Å²) in [6.07, 6.45) is 0. The molecule has 2 rings (SSSR count). The molecule has 1 aromatic rings. The van der Waals surface area contributed by atoms with Gasteiger partial charge in [0.15, 0.2) is 0 Å². The monoisotopic (exact) mass is 290 g/mol. The molecular formula is C16H22N2O3. The predicted molar refractivity (Wildman–Crippen MR) is 81.3 cm³/mol. The number of amides is 1. The van der Waals surface area contributed by atoms with Crippen LogP contribution in [0.15, 0.2) is 18.2 Å². The lowest BCUT2D eigenvalue weighted by molar-refractivity contribution is -0.142. The van der Waals surface area contributed by atoms with Crippen molar-refractivity contribution in [2.75, 3.05) is 25.0 Å². The van der Waals surface area contributed by atoms with Crippen molar-refractivity contribution >= 4 is 17.6 Å². The van der Waals surface area contributed by atoms with Crippen molar-refractivity contribution in [3.63, 3.8) is 0 Å². The fraction of sp³-hybridized carbons (Fsp3) is 0.500. The Hall–Kier alpha value is -1.88. The van der Waals surface area contributed by atoms with Gasteiger partial charge in [-0.2, -0.15) is 0 Å². The van der Waals surface area contributed by atoms with Gasteiger partial charge in [-0.15, -0.1) is 0 Å². The van der Waals surface area contributed by atoms with Crippen LogP contribution in [0.5, 0.6) is 0 Å². The van der Waals surface area contributed by atoms with Crippen LogP contribution in [0.4, 0.5) is 5.69 Å². The van der Waals surface area contributed by atoms with Gasteiger partial charge < -0.3 is 10.4 Å². The van der Waals surface area contributed by atoms with Crippen LogP contribution in [-0.2, 0) is 9.59 Å². The Morgan fingerprint density at radius 2 is 2.05 bits per heavy atom. The molecule has 1 heterocycles. The fourth-order valence-corrected chi connectivity index (χ4v) is 2.86. The molecule has 21 heavy (non-hydrogen) atoms. The number of carboxylic acid groups (broad SMARTS) is 1. The zero-order chi connectivity index (χ0) is 15.6. The maximum Gasteiger partial charge on any atom is 0.308 e. The maximum atomic E-state index is 12.1. The van der Waals surface area contributed by atoms with E-state index in [-0.39, 0.29) is 24.3 Å². The molecule has 0 spiro atoms. The number of carbonyl (C=O) groups is 2. The minimum absolute atomic E-state index is 0.0800. The van der Waals surface area contributed by atoms with Gasteiger partial charge in [-0.05, 0) is 31.4 Å². The first-order chi connectivity index (χ1) is 9.86. The van der Waals surface area contributed by atoms with Crippen molar-refractivity contribution in [2.24, 2.45) is 11.8 Å².